The Kier molecular flexibility index (Phi) is 4.91. The van der Waals surface area contributed by atoms with Crippen LogP contribution in [0, 0.1) is 6.92 Å². The molecule has 0 fully saturated rings. The molecule has 0 saturated carbocycles. The van der Waals surface area contributed by atoms with Crippen LogP contribution in [-0.4, -0.2) is 10.9 Å². The van der Waals surface area contributed by atoms with Crippen LogP contribution in [0.3, 0.4) is 0 Å². The number of rotatable bonds is 3. The first-order chi connectivity index (χ1) is 13.6. The summed E-state index contributed by atoms with van der Waals surface area (Å²) in [4.78, 5) is 21.6. The number of para-hydroxylation sites is 1. The Morgan fingerprint density at radius 2 is 1.93 bits per heavy atom. The summed E-state index contributed by atoms with van der Waals surface area (Å²) in [6, 6.07) is 19.9. The van der Waals surface area contributed by atoms with Crippen molar-refractivity contribution >= 4 is 40.0 Å². The number of fused-ring (bicyclic) bond motifs is 1. The minimum absolute atomic E-state index is 0.200. The van der Waals surface area contributed by atoms with Gasteiger partial charge < -0.3 is 9.73 Å². The third-order valence-corrected chi connectivity index (χ3v) is 4.33. The molecule has 5 nitrogen and oxygen atoms in total. The molecule has 0 aliphatic heterocycles. The molecule has 0 saturated heterocycles. The molecule has 0 spiro atoms. The average Bonchev–Trinajstić information content (AvgIpc) is 2.69. The molecule has 6 heteroatoms. The highest BCUT2D eigenvalue weighted by atomic mass is 35.5. The third-order valence-electron chi connectivity index (χ3n) is 4.09. The lowest BCUT2D eigenvalue weighted by molar-refractivity contribution is 0.102. The summed E-state index contributed by atoms with van der Waals surface area (Å²) in [5.74, 6) is 0.101. The van der Waals surface area contributed by atoms with Crippen molar-refractivity contribution in [1.82, 2.24) is 4.98 Å². The number of anilines is 1. The number of aromatic nitrogens is 1. The van der Waals surface area contributed by atoms with Crippen molar-refractivity contribution in [3.8, 4) is 0 Å². The van der Waals surface area contributed by atoms with Crippen LogP contribution >= 0.6 is 11.6 Å². The van der Waals surface area contributed by atoms with Crippen molar-refractivity contribution in [2.45, 2.75) is 6.92 Å². The van der Waals surface area contributed by atoms with Gasteiger partial charge in [0.1, 0.15) is 17.0 Å². The molecule has 0 unspecified atom stereocenters. The SMILES string of the molecule is Cc1ccc(NC(=O)c2cc3ccccc3oc2=Nc2cccc(Cl)c2)nc1. The van der Waals surface area contributed by atoms with E-state index in [2.05, 4.69) is 15.3 Å². The molecule has 0 radical (unpaired) electrons. The highest BCUT2D eigenvalue weighted by Crippen LogP contribution is 2.19. The largest absolute Gasteiger partial charge is 0.438 e. The van der Waals surface area contributed by atoms with E-state index >= 15 is 0 Å². The Bertz CT molecular complexity index is 1230. The molecule has 4 aromatic rings. The zero-order valence-corrected chi connectivity index (χ0v) is 15.8. The van der Waals surface area contributed by atoms with Gasteiger partial charge in [-0.15, -0.1) is 0 Å². The molecule has 2 heterocycles. The summed E-state index contributed by atoms with van der Waals surface area (Å²) in [7, 11) is 0. The summed E-state index contributed by atoms with van der Waals surface area (Å²) in [6.07, 6.45) is 1.69. The molecule has 138 valence electrons. The van der Waals surface area contributed by atoms with Gasteiger partial charge in [-0.3, -0.25) is 4.79 Å². The standard InChI is InChI=1S/C22H16ClN3O2/c1-14-9-10-20(24-13-14)26-21(27)18-11-15-5-2-3-8-19(15)28-22(18)25-17-7-4-6-16(23)12-17/h2-13H,1H3,(H,24,26,27). The first-order valence-electron chi connectivity index (χ1n) is 8.66. The van der Waals surface area contributed by atoms with Crippen molar-refractivity contribution in [2.75, 3.05) is 5.32 Å². The monoisotopic (exact) mass is 389 g/mol. The predicted molar refractivity (Wildman–Crippen MR) is 110 cm³/mol. The van der Waals surface area contributed by atoms with Crippen LogP contribution in [0.15, 0.2) is 82.3 Å². The van der Waals surface area contributed by atoms with Crippen molar-refractivity contribution in [3.63, 3.8) is 0 Å². The fraction of sp³-hybridized carbons (Fsp3) is 0.0455. The van der Waals surface area contributed by atoms with Gasteiger partial charge in [0.2, 0.25) is 5.55 Å². The van der Waals surface area contributed by atoms with Crippen molar-refractivity contribution in [2.24, 2.45) is 4.99 Å². The molecule has 2 aromatic heterocycles. The predicted octanol–water partition coefficient (Wildman–Crippen LogP) is 5.27. The quantitative estimate of drug-likeness (QED) is 0.518. The van der Waals surface area contributed by atoms with Crippen LogP contribution in [0.5, 0.6) is 0 Å². The van der Waals surface area contributed by atoms with E-state index in [-0.39, 0.29) is 11.5 Å². The number of carbonyl (C=O) groups is 1. The molecule has 0 aliphatic rings. The minimum atomic E-state index is -0.355. The second-order valence-electron chi connectivity index (χ2n) is 6.27. The maximum absolute atomic E-state index is 12.9. The topological polar surface area (TPSA) is 67.5 Å². The van der Waals surface area contributed by atoms with Crippen LogP contribution in [0.2, 0.25) is 5.02 Å². The maximum atomic E-state index is 12.9. The second kappa shape index (κ2) is 7.66. The van der Waals surface area contributed by atoms with Gasteiger partial charge in [-0.2, -0.15) is 0 Å². The first-order valence-corrected chi connectivity index (χ1v) is 9.03. The lowest BCUT2D eigenvalue weighted by Crippen LogP contribution is -2.22. The Morgan fingerprint density at radius 3 is 2.71 bits per heavy atom. The van der Waals surface area contributed by atoms with Gasteiger partial charge in [-0.25, -0.2) is 9.98 Å². The number of pyridine rings is 1. The molecule has 1 amide bonds. The summed E-state index contributed by atoms with van der Waals surface area (Å²) < 4.78 is 5.92. The Balaban J connectivity index is 1.83. The number of amides is 1. The van der Waals surface area contributed by atoms with Crippen molar-refractivity contribution < 1.29 is 9.21 Å². The lowest BCUT2D eigenvalue weighted by atomic mass is 10.1. The molecule has 0 aliphatic carbocycles. The van der Waals surface area contributed by atoms with Crippen LogP contribution < -0.4 is 10.9 Å². The molecule has 2 aromatic carbocycles. The number of hydrogen-bond acceptors (Lipinski definition) is 4. The summed E-state index contributed by atoms with van der Waals surface area (Å²) in [6.45, 7) is 1.93. The van der Waals surface area contributed by atoms with Crippen LogP contribution in [-0.2, 0) is 0 Å². The Labute approximate surface area is 166 Å². The van der Waals surface area contributed by atoms with Crippen LogP contribution in [0.25, 0.3) is 11.0 Å². The molecular weight excluding hydrogens is 374 g/mol. The zero-order chi connectivity index (χ0) is 19.5. The number of carbonyl (C=O) groups excluding carboxylic acids is 1. The van der Waals surface area contributed by atoms with Gasteiger partial charge in [0.15, 0.2) is 0 Å². The maximum Gasteiger partial charge on any atom is 0.262 e. The van der Waals surface area contributed by atoms with E-state index in [1.807, 2.05) is 37.3 Å². The fourth-order valence-electron chi connectivity index (χ4n) is 2.70. The fourth-order valence-corrected chi connectivity index (χ4v) is 2.89. The van der Waals surface area contributed by atoms with Gasteiger partial charge in [-0.1, -0.05) is 41.9 Å². The molecular formula is C22H16ClN3O2. The van der Waals surface area contributed by atoms with E-state index in [0.29, 0.717) is 27.7 Å². The number of nitrogens with zero attached hydrogens (tertiary/aromatic N) is 2. The molecule has 4 rings (SSSR count). The summed E-state index contributed by atoms with van der Waals surface area (Å²) in [5.41, 5.74) is 2.74. The number of halogens is 1. The average molecular weight is 390 g/mol. The number of benzene rings is 2. The number of hydrogen-bond donors (Lipinski definition) is 1. The van der Waals surface area contributed by atoms with Crippen LogP contribution in [0.4, 0.5) is 11.5 Å². The van der Waals surface area contributed by atoms with Gasteiger partial charge >= 0.3 is 0 Å². The minimum Gasteiger partial charge on any atom is -0.438 e. The number of nitrogens with one attached hydrogen (secondary N) is 1. The normalized spacial score (nSPS) is 11.6. The van der Waals surface area contributed by atoms with Gasteiger partial charge in [-0.05, 0) is 48.9 Å². The lowest BCUT2D eigenvalue weighted by Gasteiger charge is -2.07. The first kappa shape index (κ1) is 17.9. The van der Waals surface area contributed by atoms with Gasteiger partial charge in [0, 0.05) is 16.6 Å². The van der Waals surface area contributed by atoms with E-state index in [1.54, 1.807) is 42.6 Å². The number of aryl methyl sites for hydroxylation is 1. The summed E-state index contributed by atoms with van der Waals surface area (Å²) in [5, 5.41) is 4.14. The molecule has 1 N–H and O–H groups in total. The summed E-state index contributed by atoms with van der Waals surface area (Å²) >= 11 is 6.05. The highest BCUT2D eigenvalue weighted by molar-refractivity contribution is 6.30. The smallest absolute Gasteiger partial charge is 0.262 e. The molecule has 0 bridgehead atoms. The zero-order valence-electron chi connectivity index (χ0n) is 15.0. The Hall–Kier alpha value is -3.44. The second-order valence-corrected chi connectivity index (χ2v) is 6.71. The van der Waals surface area contributed by atoms with Gasteiger partial charge in [0.05, 0.1) is 5.69 Å². The van der Waals surface area contributed by atoms with E-state index in [9.17, 15) is 4.79 Å². The molecule has 0 atom stereocenters. The van der Waals surface area contributed by atoms with Gasteiger partial charge in [0.25, 0.3) is 5.91 Å². The third kappa shape index (κ3) is 3.94. The van der Waals surface area contributed by atoms with E-state index < -0.39 is 0 Å². The van der Waals surface area contributed by atoms with Crippen molar-refractivity contribution in [3.05, 3.63) is 94.6 Å². The van der Waals surface area contributed by atoms with Crippen LogP contribution in [0.1, 0.15) is 15.9 Å². The van der Waals surface area contributed by atoms with E-state index in [4.69, 9.17) is 16.0 Å². The molecule has 28 heavy (non-hydrogen) atoms. The van der Waals surface area contributed by atoms with E-state index in [1.165, 1.54) is 0 Å². The van der Waals surface area contributed by atoms with E-state index in [0.717, 1.165) is 10.9 Å². The van der Waals surface area contributed by atoms with Crippen molar-refractivity contribution in [1.29, 1.82) is 0 Å². The highest BCUT2D eigenvalue weighted by Gasteiger charge is 2.13. The Morgan fingerprint density at radius 1 is 1.07 bits per heavy atom.